The van der Waals surface area contributed by atoms with Gasteiger partial charge in [-0.05, 0) is 89.4 Å². The lowest BCUT2D eigenvalue weighted by molar-refractivity contribution is -0.291. The highest BCUT2D eigenvalue weighted by Gasteiger charge is 2.36. The molecule has 0 aliphatic carbocycles. The molecule has 0 aromatic heterocycles. The smallest absolute Gasteiger partial charge is 0.168 e. The fourth-order valence-corrected chi connectivity index (χ4v) is 6.70. The van der Waals surface area contributed by atoms with Crippen molar-refractivity contribution in [3.63, 3.8) is 0 Å². The van der Waals surface area contributed by atoms with Crippen molar-refractivity contribution in [3.8, 4) is 0 Å². The first-order valence-electron chi connectivity index (χ1n) is 21.5. The zero-order valence-corrected chi connectivity index (χ0v) is 33.0. The monoisotopic (exact) mass is 669 g/mol. The van der Waals surface area contributed by atoms with Crippen molar-refractivity contribution in [2.45, 2.75) is 220 Å². The Morgan fingerprint density at radius 3 is 1.27 bits per heavy atom. The van der Waals surface area contributed by atoms with Gasteiger partial charge in [0, 0.05) is 18.8 Å². The predicted octanol–water partition coefficient (Wildman–Crippen LogP) is 15.6. The molecule has 0 spiro atoms. The minimum absolute atomic E-state index is 0.308. The average Bonchev–Trinajstić information content (AvgIpc) is 3.11. The van der Waals surface area contributed by atoms with E-state index in [-0.39, 0.29) is 5.79 Å². The van der Waals surface area contributed by atoms with Crippen LogP contribution >= 0.6 is 0 Å². The topological polar surface area (TPSA) is 18.5 Å². The Morgan fingerprint density at radius 2 is 0.875 bits per heavy atom. The quantitative estimate of drug-likeness (QED) is 0.0502. The van der Waals surface area contributed by atoms with Crippen LogP contribution in [0.25, 0.3) is 0 Å². The molecule has 0 aromatic rings. The maximum atomic E-state index is 6.65. The first kappa shape index (κ1) is 44.9. The van der Waals surface area contributed by atoms with Gasteiger partial charge in [-0.3, -0.25) is 0 Å². The van der Waals surface area contributed by atoms with E-state index < -0.39 is 0 Å². The van der Waals surface area contributed by atoms with Crippen LogP contribution in [0.15, 0.2) is 48.6 Å². The van der Waals surface area contributed by atoms with Crippen molar-refractivity contribution < 1.29 is 9.47 Å². The van der Waals surface area contributed by atoms with Gasteiger partial charge >= 0.3 is 0 Å². The molecule has 0 bridgehead atoms. The molecule has 1 atom stereocenters. The molecule has 0 amide bonds. The number of unbranched alkanes of at least 4 members (excludes halogenated alkanes) is 18. The summed E-state index contributed by atoms with van der Waals surface area (Å²) in [6.07, 6.45) is 56.0. The fourth-order valence-electron chi connectivity index (χ4n) is 6.70. The molecule has 2 nitrogen and oxygen atoms in total. The van der Waals surface area contributed by atoms with Crippen molar-refractivity contribution in [1.29, 1.82) is 0 Å². The summed E-state index contributed by atoms with van der Waals surface area (Å²) in [4.78, 5) is 0. The third-order valence-corrected chi connectivity index (χ3v) is 10.4. The largest absolute Gasteiger partial charge is 0.350 e. The zero-order chi connectivity index (χ0) is 34.6. The molecule has 0 radical (unpaired) electrons. The highest BCUT2D eigenvalue weighted by molar-refractivity contribution is 4.93. The molecule has 1 aliphatic rings. The van der Waals surface area contributed by atoms with E-state index in [0.717, 1.165) is 44.8 Å². The molecule has 1 unspecified atom stereocenters. The number of ether oxygens (including phenoxy) is 2. The van der Waals surface area contributed by atoms with E-state index in [1.165, 1.54) is 161 Å². The van der Waals surface area contributed by atoms with E-state index in [1.807, 2.05) is 0 Å². The molecule has 0 N–H and O–H groups in total. The van der Waals surface area contributed by atoms with Gasteiger partial charge in [0.25, 0.3) is 0 Å². The molecular formula is C46H84O2. The van der Waals surface area contributed by atoms with Gasteiger partial charge in [-0.25, -0.2) is 0 Å². The Kier molecular flexibility index (Phi) is 32.1. The Morgan fingerprint density at radius 1 is 0.500 bits per heavy atom. The third-order valence-electron chi connectivity index (χ3n) is 10.4. The van der Waals surface area contributed by atoms with Gasteiger partial charge < -0.3 is 9.47 Å². The van der Waals surface area contributed by atoms with Gasteiger partial charge in [-0.2, -0.15) is 0 Å². The van der Waals surface area contributed by atoms with Crippen LogP contribution in [0.3, 0.4) is 0 Å². The number of hydrogen-bond donors (Lipinski definition) is 0. The van der Waals surface area contributed by atoms with Crippen LogP contribution in [0.4, 0.5) is 0 Å². The van der Waals surface area contributed by atoms with Crippen molar-refractivity contribution >= 4 is 0 Å². The maximum absolute atomic E-state index is 6.65. The second-order valence-electron chi connectivity index (χ2n) is 15.2. The summed E-state index contributed by atoms with van der Waals surface area (Å²) in [6, 6.07) is 0. The van der Waals surface area contributed by atoms with E-state index in [0.29, 0.717) is 5.92 Å². The third kappa shape index (κ3) is 27.7. The number of hydrogen-bond acceptors (Lipinski definition) is 2. The molecule has 1 fully saturated rings. The van der Waals surface area contributed by atoms with Crippen LogP contribution in [0.2, 0.25) is 0 Å². The minimum Gasteiger partial charge on any atom is -0.350 e. The summed E-state index contributed by atoms with van der Waals surface area (Å²) >= 11 is 0. The SMILES string of the molecule is CCCCCC=CCC=CCCCCCCCCC1(CCCCCCCCC=CCC=CCCCCC)OCC(CCC(C)CC)CO1. The van der Waals surface area contributed by atoms with E-state index >= 15 is 0 Å². The van der Waals surface area contributed by atoms with Gasteiger partial charge in [0.1, 0.15) is 0 Å². The van der Waals surface area contributed by atoms with Gasteiger partial charge in [0.2, 0.25) is 0 Å². The van der Waals surface area contributed by atoms with Crippen LogP contribution in [-0.4, -0.2) is 19.0 Å². The lowest BCUT2D eigenvalue weighted by Crippen LogP contribution is -2.44. The Balaban J connectivity index is 2.22. The first-order valence-corrected chi connectivity index (χ1v) is 21.5. The Labute approximate surface area is 302 Å². The van der Waals surface area contributed by atoms with E-state index in [1.54, 1.807) is 0 Å². The molecule has 1 saturated heterocycles. The van der Waals surface area contributed by atoms with E-state index in [2.05, 4.69) is 76.3 Å². The van der Waals surface area contributed by atoms with Gasteiger partial charge in [0.15, 0.2) is 5.79 Å². The summed E-state index contributed by atoms with van der Waals surface area (Å²) in [5.74, 6) is 1.09. The van der Waals surface area contributed by atoms with Gasteiger partial charge in [0.05, 0.1) is 13.2 Å². The summed E-state index contributed by atoms with van der Waals surface area (Å²) in [7, 11) is 0. The number of allylic oxidation sites excluding steroid dienone is 8. The summed E-state index contributed by atoms with van der Waals surface area (Å²) < 4.78 is 13.3. The first-order chi connectivity index (χ1) is 23.7. The highest BCUT2D eigenvalue weighted by Crippen LogP contribution is 2.34. The molecule has 280 valence electrons. The van der Waals surface area contributed by atoms with Crippen molar-refractivity contribution in [2.24, 2.45) is 11.8 Å². The summed E-state index contributed by atoms with van der Waals surface area (Å²) in [5, 5.41) is 0. The number of rotatable bonds is 34. The second kappa shape index (κ2) is 34.3. The van der Waals surface area contributed by atoms with Crippen LogP contribution in [0.5, 0.6) is 0 Å². The van der Waals surface area contributed by atoms with E-state index in [4.69, 9.17) is 9.47 Å². The Bertz CT molecular complexity index is 719. The lowest BCUT2D eigenvalue weighted by atomic mass is 9.93. The van der Waals surface area contributed by atoms with Gasteiger partial charge in [-0.15, -0.1) is 0 Å². The van der Waals surface area contributed by atoms with Crippen molar-refractivity contribution in [1.82, 2.24) is 0 Å². The highest BCUT2D eigenvalue weighted by atomic mass is 16.7. The molecule has 1 heterocycles. The maximum Gasteiger partial charge on any atom is 0.168 e. The van der Waals surface area contributed by atoms with Gasteiger partial charge in [-0.1, -0.05) is 166 Å². The fraction of sp³-hybridized carbons (Fsp3) is 0.826. The van der Waals surface area contributed by atoms with Crippen LogP contribution in [0, 0.1) is 11.8 Å². The van der Waals surface area contributed by atoms with Crippen LogP contribution in [0.1, 0.15) is 214 Å². The molecule has 2 heteroatoms. The zero-order valence-electron chi connectivity index (χ0n) is 33.0. The predicted molar refractivity (Wildman–Crippen MR) is 215 cm³/mol. The average molecular weight is 669 g/mol. The van der Waals surface area contributed by atoms with Crippen LogP contribution in [-0.2, 0) is 9.47 Å². The summed E-state index contributed by atoms with van der Waals surface area (Å²) in [6.45, 7) is 11.0. The molecular weight excluding hydrogens is 585 g/mol. The summed E-state index contributed by atoms with van der Waals surface area (Å²) in [5.41, 5.74) is 0. The minimum atomic E-state index is -0.308. The molecule has 1 aliphatic heterocycles. The van der Waals surface area contributed by atoms with E-state index in [9.17, 15) is 0 Å². The van der Waals surface area contributed by atoms with Crippen molar-refractivity contribution in [2.75, 3.05) is 13.2 Å². The molecule has 48 heavy (non-hydrogen) atoms. The van der Waals surface area contributed by atoms with Crippen LogP contribution < -0.4 is 0 Å². The molecule has 0 saturated carbocycles. The standard InChI is InChI=1S/C46H84O2/c1-5-8-10-12-14-16-18-20-22-24-26-28-30-32-34-36-40-46(47-42-45(43-48-46)39-38-44(4)7-3)41-37-35-33-31-29-27-25-23-21-19-17-15-13-11-9-6-2/h14-17,20-23,44-45H,5-13,18-19,24-43H2,1-4H3. The van der Waals surface area contributed by atoms with Crippen molar-refractivity contribution in [3.05, 3.63) is 48.6 Å². The lowest BCUT2D eigenvalue weighted by Gasteiger charge is -2.41. The molecule has 1 rings (SSSR count). The normalized spacial score (nSPS) is 19.5. The molecule has 0 aromatic carbocycles. The Hall–Kier alpha value is -1.12. The second-order valence-corrected chi connectivity index (χ2v) is 15.2.